The van der Waals surface area contributed by atoms with E-state index in [1.54, 1.807) is 6.07 Å². The molecule has 3 N–H and O–H groups in total. The molecule has 1 amide bonds. The first-order valence-electron chi connectivity index (χ1n) is 10.4. The normalized spacial score (nSPS) is 16.9. The first-order valence-corrected chi connectivity index (χ1v) is 10.8. The second kappa shape index (κ2) is 7.93. The lowest BCUT2D eigenvalue weighted by Gasteiger charge is -2.42. The van der Waals surface area contributed by atoms with E-state index >= 15 is 0 Å². The standard InChI is InChI=1S/C26H28ClN3O/c1-26(2)15-19-13-20(27)14-22(25(28)31)23(19)29-24(26)18-7-5-6-17(12-18)16-8-10-21(11-9-16)30(3)4/h5-14,24,29H,15H2,1-4H3,(H2,28,31). The molecule has 1 atom stereocenters. The monoisotopic (exact) mass is 433 g/mol. The summed E-state index contributed by atoms with van der Waals surface area (Å²) >= 11 is 6.25. The van der Waals surface area contributed by atoms with Crippen LogP contribution in [0, 0.1) is 5.41 Å². The summed E-state index contributed by atoms with van der Waals surface area (Å²) in [4.78, 5) is 14.2. The SMILES string of the molecule is CN(C)c1ccc(-c2cccc(C3Nc4c(cc(Cl)cc4C(N)=O)CC3(C)C)c2)cc1. The van der Waals surface area contributed by atoms with Gasteiger partial charge in [-0.25, -0.2) is 0 Å². The molecule has 0 spiro atoms. The molecule has 0 bridgehead atoms. The van der Waals surface area contributed by atoms with Gasteiger partial charge in [0, 0.05) is 24.8 Å². The van der Waals surface area contributed by atoms with Crippen molar-refractivity contribution in [1.82, 2.24) is 0 Å². The van der Waals surface area contributed by atoms with E-state index in [-0.39, 0.29) is 11.5 Å². The number of nitrogens with zero attached hydrogens (tertiary/aromatic N) is 1. The van der Waals surface area contributed by atoms with Gasteiger partial charge in [0.1, 0.15) is 0 Å². The highest BCUT2D eigenvalue weighted by molar-refractivity contribution is 6.31. The lowest BCUT2D eigenvalue weighted by atomic mass is 9.72. The zero-order chi connectivity index (χ0) is 22.3. The summed E-state index contributed by atoms with van der Waals surface area (Å²) in [6.07, 6.45) is 0.794. The van der Waals surface area contributed by atoms with Crippen LogP contribution in [0.2, 0.25) is 5.02 Å². The molecular formula is C26H28ClN3O. The second-order valence-corrected chi connectivity index (χ2v) is 9.60. The molecule has 0 saturated carbocycles. The Morgan fingerprint density at radius 2 is 1.77 bits per heavy atom. The van der Waals surface area contributed by atoms with Crippen LogP contribution < -0.4 is 16.0 Å². The third-order valence-electron chi connectivity index (χ3n) is 6.10. The van der Waals surface area contributed by atoms with Crippen molar-refractivity contribution in [1.29, 1.82) is 0 Å². The van der Waals surface area contributed by atoms with Gasteiger partial charge in [-0.2, -0.15) is 0 Å². The molecule has 0 saturated heterocycles. The van der Waals surface area contributed by atoms with Crippen LogP contribution in [-0.4, -0.2) is 20.0 Å². The number of amides is 1. The highest BCUT2D eigenvalue weighted by Crippen LogP contribution is 2.47. The van der Waals surface area contributed by atoms with E-state index in [1.165, 1.54) is 16.8 Å². The van der Waals surface area contributed by atoms with Crippen LogP contribution in [0.5, 0.6) is 0 Å². The molecule has 160 valence electrons. The van der Waals surface area contributed by atoms with Crippen molar-refractivity contribution in [3.05, 3.63) is 82.4 Å². The van der Waals surface area contributed by atoms with Crippen LogP contribution in [0.25, 0.3) is 11.1 Å². The van der Waals surface area contributed by atoms with Gasteiger partial charge >= 0.3 is 0 Å². The molecule has 0 radical (unpaired) electrons. The molecule has 4 nitrogen and oxygen atoms in total. The van der Waals surface area contributed by atoms with E-state index in [4.69, 9.17) is 17.3 Å². The van der Waals surface area contributed by atoms with Crippen molar-refractivity contribution in [2.45, 2.75) is 26.3 Å². The molecule has 31 heavy (non-hydrogen) atoms. The van der Waals surface area contributed by atoms with Crippen molar-refractivity contribution in [3.63, 3.8) is 0 Å². The summed E-state index contributed by atoms with van der Waals surface area (Å²) in [7, 11) is 4.08. The first-order chi connectivity index (χ1) is 14.7. The number of fused-ring (bicyclic) bond motifs is 1. The lowest BCUT2D eigenvalue weighted by Crippen LogP contribution is -2.36. The van der Waals surface area contributed by atoms with Crippen molar-refractivity contribution >= 4 is 28.9 Å². The molecule has 4 rings (SSSR count). The minimum Gasteiger partial charge on any atom is -0.378 e. The summed E-state index contributed by atoms with van der Waals surface area (Å²) < 4.78 is 0. The number of halogens is 1. The summed E-state index contributed by atoms with van der Waals surface area (Å²) in [5, 5.41) is 4.15. The van der Waals surface area contributed by atoms with Gasteiger partial charge in [0.2, 0.25) is 0 Å². The average Bonchev–Trinajstić information content (AvgIpc) is 2.72. The molecule has 1 aliphatic heterocycles. The number of carbonyl (C=O) groups is 1. The number of nitrogens with two attached hydrogens (primary N) is 1. The number of nitrogens with one attached hydrogen (secondary N) is 1. The molecule has 0 aliphatic carbocycles. The number of rotatable bonds is 4. The molecule has 0 fully saturated rings. The molecule has 0 aromatic heterocycles. The lowest BCUT2D eigenvalue weighted by molar-refractivity contribution is 0.100. The quantitative estimate of drug-likeness (QED) is 0.537. The molecule has 1 heterocycles. The fourth-order valence-corrected chi connectivity index (χ4v) is 4.73. The summed E-state index contributed by atoms with van der Waals surface area (Å²) in [5.74, 6) is -0.473. The van der Waals surface area contributed by atoms with E-state index in [2.05, 4.69) is 72.6 Å². The Morgan fingerprint density at radius 1 is 1.06 bits per heavy atom. The van der Waals surface area contributed by atoms with Crippen LogP contribution in [0.1, 0.15) is 41.4 Å². The van der Waals surface area contributed by atoms with Gasteiger partial charge in [-0.15, -0.1) is 0 Å². The highest BCUT2D eigenvalue weighted by Gasteiger charge is 2.37. The van der Waals surface area contributed by atoms with Crippen LogP contribution in [0.4, 0.5) is 11.4 Å². The van der Waals surface area contributed by atoms with Crippen molar-refractivity contribution in [2.75, 3.05) is 24.3 Å². The molecule has 3 aromatic rings. The Morgan fingerprint density at radius 3 is 2.42 bits per heavy atom. The smallest absolute Gasteiger partial charge is 0.250 e. The summed E-state index contributed by atoms with van der Waals surface area (Å²) in [6.45, 7) is 4.47. The Bertz CT molecular complexity index is 1140. The largest absolute Gasteiger partial charge is 0.378 e. The molecule has 1 unspecified atom stereocenters. The highest BCUT2D eigenvalue weighted by atomic mass is 35.5. The zero-order valence-corrected chi connectivity index (χ0v) is 19.1. The Balaban J connectivity index is 1.73. The van der Waals surface area contributed by atoms with E-state index in [0.717, 1.165) is 23.2 Å². The molecular weight excluding hydrogens is 406 g/mol. The average molecular weight is 434 g/mol. The van der Waals surface area contributed by atoms with Crippen molar-refractivity contribution in [3.8, 4) is 11.1 Å². The van der Waals surface area contributed by atoms with Crippen molar-refractivity contribution in [2.24, 2.45) is 11.1 Å². The van der Waals surface area contributed by atoms with Crippen LogP contribution in [-0.2, 0) is 6.42 Å². The van der Waals surface area contributed by atoms with Gasteiger partial charge in [0.25, 0.3) is 5.91 Å². The summed E-state index contributed by atoms with van der Waals surface area (Å²) in [5.41, 5.74) is 12.5. The number of anilines is 2. The topological polar surface area (TPSA) is 58.4 Å². The van der Waals surface area contributed by atoms with E-state index in [9.17, 15) is 4.79 Å². The fraction of sp³-hybridized carbons (Fsp3) is 0.269. The third-order valence-corrected chi connectivity index (χ3v) is 6.32. The van der Waals surface area contributed by atoms with Gasteiger partial charge in [-0.1, -0.05) is 55.8 Å². The number of benzene rings is 3. The third kappa shape index (κ3) is 4.13. The number of hydrogen-bond donors (Lipinski definition) is 2. The van der Waals surface area contributed by atoms with E-state index < -0.39 is 5.91 Å². The maximum absolute atomic E-state index is 12.1. The maximum atomic E-state index is 12.1. The molecule has 3 aromatic carbocycles. The van der Waals surface area contributed by atoms with Gasteiger partial charge < -0.3 is 16.0 Å². The van der Waals surface area contributed by atoms with Gasteiger partial charge in [0.05, 0.1) is 17.3 Å². The maximum Gasteiger partial charge on any atom is 0.250 e. The predicted octanol–water partition coefficient (Wildman–Crippen LogP) is 5.91. The van der Waals surface area contributed by atoms with E-state index in [0.29, 0.717) is 10.6 Å². The minimum absolute atomic E-state index is 0.0280. The zero-order valence-electron chi connectivity index (χ0n) is 18.4. The van der Waals surface area contributed by atoms with Crippen molar-refractivity contribution < 1.29 is 4.79 Å². The van der Waals surface area contributed by atoms with Crippen LogP contribution in [0.3, 0.4) is 0 Å². The molecule has 1 aliphatic rings. The minimum atomic E-state index is -0.473. The van der Waals surface area contributed by atoms with Crippen LogP contribution >= 0.6 is 11.6 Å². The second-order valence-electron chi connectivity index (χ2n) is 9.16. The Labute approximate surface area is 189 Å². The van der Waals surface area contributed by atoms with Crippen LogP contribution in [0.15, 0.2) is 60.7 Å². The number of hydrogen-bond acceptors (Lipinski definition) is 3. The van der Waals surface area contributed by atoms with E-state index in [1.807, 2.05) is 20.2 Å². The Kier molecular flexibility index (Phi) is 5.44. The predicted molar refractivity (Wildman–Crippen MR) is 130 cm³/mol. The summed E-state index contributed by atoms with van der Waals surface area (Å²) in [6, 6.07) is 20.8. The number of carbonyl (C=O) groups excluding carboxylic acids is 1. The fourth-order valence-electron chi connectivity index (χ4n) is 4.48. The Hall–Kier alpha value is -2.98. The van der Waals surface area contributed by atoms with Gasteiger partial charge in [-0.05, 0) is 64.4 Å². The van der Waals surface area contributed by atoms with Gasteiger partial charge in [-0.3, -0.25) is 4.79 Å². The van der Waals surface area contributed by atoms with Gasteiger partial charge in [0.15, 0.2) is 0 Å². The molecule has 5 heteroatoms. The number of primary amides is 1. The first kappa shape index (κ1) is 21.3.